The van der Waals surface area contributed by atoms with Crippen molar-refractivity contribution in [3.63, 3.8) is 0 Å². The molecular formula is C24H32F3N5O5Si. The van der Waals surface area contributed by atoms with Gasteiger partial charge in [0.15, 0.2) is 0 Å². The second-order valence-electron chi connectivity index (χ2n) is 10.8. The first-order chi connectivity index (χ1) is 17.8. The van der Waals surface area contributed by atoms with Crippen molar-refractivity contribution in [1.82, 2.24) is 19.7 Å². The van der Waals surface area contributed by atoms with Crippen molar-refractivity contribution in [3.8, 4) is 5.88 Å². The van der Waals surface area contributed by atoms with Crippen molar-refractivity contribution in [3.05, 3.63) is 45.5 Å². The van der Waals surface area contributed by atoms with Crippen LogP contribution in [0.2, 0.25) is 25.7 Å². The van der Waals surface area contributed by atoms with Crippen molar-refractivity contribution in [2.24, 2.45) is 0 Å². The lowest BCUT2D eigenvalue weighted by atomic mass is 10.1. The number of nitrogens with zero attached hydrogens (tertiary/aromatic N) is 5. The van der Waals surface area contributed by atoms with Gasteiger partial charge >= 0.3 is 12.3 Å². The number of amides is 1. The maximum atomic E-state index is 14.1. The molecule has 2 aliphatic rings. The molecule has 208 valence electrons. The maximum absolute atomic E-state index is 14.1. The molecule has 2 aromatic rings. The lowest BCUT2D eigenvalue weighted by molar-refractivity contribution is -0.138. The summed E-state index contributed by atoms with van der Waals surface area (Å²) in [5.41, 5.74) is -1.47. The van der Waals surface area contributed by atoms with Crippen molar-refractivity contribution in [2.75, 3.05) is 24.6 Å². The van der Waals surface area contributed by atoms with Crippen LogP contribution >= 0.6 is 0 Å². The van der Waals surface area contributed by atoms with Gasteiger partial charge in [-0.2, -0.15) is 18.3 Å². The van der Waals surface area contributed by atoms with Gasteiger partial charge in [0.1, 0.15) is 18.4 Å². The Morgan fingerprint density at radius 3 is 2.55 bits per heavy atom. The van der Waals surface area contributed by atoms with Crippen LogP contribution < -0.4 is 15.2 Å². The molecule has 0 aliphatic carbocycles. The van der Waals surface area contributed by atoms with Crippen LogP contribution in [-0.2, 0) is 30.7 Å². The van der Waals surface area contributed by atoms with Gasteiger partial charge in [0, 0.05) is 65.5 Å². The smallest absolute Gasteiger partial charge is 0.423 e. The van der Waals surface area contributed by atoms with Gasteiger partial charge in [-0.15, -0.1) is 0 Å². The van der Waals surface area contributed by atoms with E-state index in [1.807, 2.05) is 0 Å². The highest BCUT2D eigenvalue weighted by atomic mass is 28.3. The molecular weight excluding hydrogens is 523 g/mol. The van der Waals surface area contributed by atoms with E-state index in [1.165, 1.54) is 16.0 Å². The minimum Gasteiger partial charge on any atom is -0.474 e. The fraction of sp³-hybridized carbons (Fsp3) is 0.583. The monoisotopic (exact) mass is 555 g/mol. The molecule has 10 nitrogen and oxygen atoms in total. The first-order valence-electron chi connectivity index (χ1n) is 12.4. The highest BCUT2D eigenvalue weighted by molar-refractivity contribution is 6.76. The van der Waals surface area contributed by atoms with Gasteiger partial charge < -0.3 is 24.4 Å². The summed E-state index contributed by atoms with van der Waals surface area (Å²) < 4.78 is 54.5. The van der Waals surface area contributed by atoms with Gasteiger partial charge in [0.05, 0.1) is 11.9 Å². The van der Waals surface area contributed by atoms with Crippen LogP contribution in [0, 0.1) is 0 Å². The predicted octanol–water partition coefficient (Wildman–Crippen LogP) is 4.01. The molecule has 1 fully saturated rings. The normalized spacial score (nSPS) is 16.6. The molecule has 4 rings (SSSR count). The highest BCUT2D eigenvalue weighted by Crippen LogP contribution is 2.39. The number of pyridine rings is 1. The zero-order valence-electron chi connectivity index (χ0n) is 21.6. The van der Waals surface area contributed by atoms with E-state index in [2.05, 4.69) is 29.7 Å². The quantitative estimate of drug-likeness (QED) is 0.384. The fourth-order valence-electron chi connectivity index (χ4n) is 4.48. The van der Waals surface area contributed by atoms with Crippen molar-refractivity contribution in [1.29, 1.82) is 0 Å². The van der Waals surface area contributed by atoms with E-state index in [9.17, 15) is 22.8 Å². The van der Waals surface area contributed by atoms with E-state index in [4.69, 9.17) is 14.6 Å². The first kappa shape index (κ1) is 27.9. The number of hydrogen-bond acceptors (Lipinski definition) is 7. The van der Waals surface area contributed by atoms with Crippen LogP contribution in [-0.4, -0.2) is 64.7 Å². The predicted molar refractivity (Wildman–Crippen MR) is 135 cm³/mol. The number of piperidine rings is 1. The molecule has 14 heteroatoms. The first-order valence-corrected chi connectivity index (χ1v) is 16.2. The highest BCUT2D eigenvalue weighted by Gasteiger charge is 2.41. The summed E-state index contributed by atoms with van der Waals surface area (Å²) in [7, 11) is -1.40. The Labute approximate surface area is 219 Å². The summed E-state index contributed by atoms with van der Waals surface area (Å²) in [5.74, 6) is 0.310. The van der Waals surface area contributed by atoms with Gasteiger partial charge in [0.25, 0.3) is 5.56 Å². The van der Waals surface area contributed by atoms with E-state index in [-0.39, 0.29) is 31.6 Å². The van der Waals surface area contributed by atoms with E-state index in [0.717, 1.165) is 17.8 Å². The van der Waals surface area contributed by atoms with Crippen LogP contribution in [0.4, 0.5) is 23.7 Å². The van der Waals surface area contributed by atoms with E-state index < -0.39 is 31.5 Å². The Kier molecular flexibility index (Phi) is 8.02. The molecule has 0 saturated carbocycles. The summed E-state index contributed by atoms with van der Waals surface area (Å²) in [6.45, 7) is 7.31. The molecule has 0 radical (unpaired) electrons. The molecule has 1 N–H and O–H groups in total. The molecule has 38 heavy (non-hydrogen) atoms. The molecule has 0 atom stereocenters. The Balaban J connectivity index is 1.51. The summed E-state index contributed by atoms with van der Waals surface area (Å²) in [4.78, 5) is 31.1. The zero-order valence-corrected chi connectivity index (χ0v) is 22.6. The van der Waals surface area contributed by atoms with Gasteiger partial charge in [-0.05, 0) is 17.7 Å². The average Bonchev–Trinajstić information content (AvgIpc) is 3.27. The number of halogens is 3. The Bertz CT molecular complexity index is 1230. The van der Waals surface area contributed by atoms with Crippen molar-refractivity contribution >= 4 is 19.9 Å². The summed E-state index contributed by atoms with van der Waals surface area (Å²) >= 11 is 0. The number of rotatable bonds is 8. The summed E-state index contributed by atoms with van der Waals surface area (Å²) in [6.07, 6.45) is -2.55. The van der Waals surface area contributed by atoms with E-state index >= 15 is 0 Å². The number of likely N-dealkylation sites (tertiary alicyclic amines) is 1. The van der Waals surface area contributed by atoms with Crippen LogP contribution in [0.15, 0.2) is 23.3 Å². The lowest BCUT2D eigenvalue weighted by Crippen LogP contribution is -2.41. The second-order valence-corrected chi connectivity index (χ2v) is 16.4. The number of anilines is 1. The SMILES string of the molecule is C[Si](C)(C)CCOCn1ncc(N2Cc3ccnc(OC4CCN(C(=O)O)CC4)c3C2)c(C(F)(F)F)c1=O. The van der Waals surface area contributed by atoms with Crippen molar-refractivity contribution in [2.45, 2.75) is 70.6 Å². The molecule has 2 aromatic heterocycles. The standard InChI is InChI=1S/C24H32F3N5O5Si/c1-38(2,3)11-10-36-15-32-22(33)20(24(25,26)27)19(12-29-32)31-13-16-4-7-28-21(18(16)14-31)37-17-5-8-30(9-6-17)23(34)35/h4,7,12,17H,5-6,8-11,13-15H2,1-3H3,(H,34,35). The largest absolute Gasteiger partial charge is 0.474 e. The third-order valence-electron chi connectivity index (χ3n) is 6.67. The topological polar surface area (TPSA) is 110 Å². The minimum absolute atomic E-state index is 0.0629. The number of aromatic nitrogens is 3. The number of hydrogen-bond donors (Lipinski definition) is 1. The number of carboxylic acid groups (broad SMARTS) is 1. The van der Waals surface area contributed by atoms with E-state index in [1.54, 1.807) is 6.07 Å². The summed E-state index contributed by atoms with van der Waals surface area (Å²) in [5, 5.41) is 13.1. The fourth-order valence-corrected chi connectivity index (χ4v) is 5.24. The van der Waals surface area contributed by atoms with Gasteiger partial charge in [-0.3, -0.25) is 4.79 Å². The van der Waals surface area contributed by atoms with Gasteiger partial charge in [-0.1, -0.05) is 19.6 Å². The Morgan fingerprint density at radius 1 is 1.21 bits per heavy atom. The third-order valence-corrected chi connectivity index (χ3v) is 8.38. The minimum atomic E-state index is -4.89. The maximum Gasteiger partial charge on any atom is 0.423 e. The van der Waals surface area contributed by atoms with Crippen LogP contribution in [0.25, 0.3) is 0 Å². The Hall–Kier alpha value is -3.13. The van der Waals surface area contributed by atoms with Crippen LogP contribution in [0.1, 0.15) is 29.5 Å². The third kappa shape index (κ3) is 6.46. The number of fused-ring (bicyclic) bond motifs is 1. The Morgan fingerprint density at radius 2 is 1.92 bits per heavy atom. The molecule has 4 heterocycles. The molecule has 0 unspecified atom stereocenters. The molecule has 0 spiro atoms. The van der Waals surface area contributed by atoms with E-state index in [0.29, 0.717) is 48.7 Å². The molecule has 1 amide bonds. The molecule has 0 bridgehead atoms. The number of alkyl halides is 3. The molecule has 2 aliphatic heterocycles. The summed E-state index contributed by atoms with van der Waals surface area (Å²) in [6, 6.07) is 2.53. The van der Waals surface area contributed by atoms with Crippen molar-refractivity contribution < 1.29 is 32.5 Å². The van der Waals surface area contributed by atoms with Crippen LogP contribution in [0.3, 0.4) is 0 Å². The zero-order chi connectivity index (χ0) is 27.7. The lowest BCUT2D eigenvalue weighted by Gasteiger charge is -2.30. The van der Waals surface area contributed by atoms with Gasteiger partial charge in [0.2, 0.25) is 5.88 Å². The number of carbonyl (C=O) groups is 1. The number of ether oxygens (including phenoxy) is 2. The average molecular weight is 556 g/mol. The molecule has 1 saturated heterocycles. The second kappa shape index (κ2) is 10.9. The van der Waals surface area contributed by atoms with Gasteiger partial charge in [-0.25, -0.2) is 14.5 Å². The molecule has 0 aromatic carbocycles. The van der Waals surface area contributed by atoms with Crippen LogP contribution in [0.5, 0.6) is 5.88 Å².